The topological polar surface area (TPSA) is 63.3 Å². The van der Waals surface area contributed by atoms with Gasteiger partial charge in [0.1, 0.15) is 0 Å². The van der Waals surface area contributed by atoms with Gasteiger partial charge < -0.3 is 10.8 Å². The number of carboxylic acid groups (broad SMARTS) is 1. The molecule has 0 fully saturated rings. The van der Waals surface area contributed by atoms with Gasteiger partial charge in [-0.3, -0.25) is 0 Å². The van der Waals surface area contributed by atoms with E-state index < -0.39 is 23.2 Å². The van der Waals surface area contributed by atoms with Crippen molar-refractivity contribution in [2.75, 3.05) is 0 Å². The molecular weight excluding hydrogens is 235 g/mol. The predicted molar refractivity (Wildman–Crippen MR) is 56.1 cm³/mol. The van der Waals surface area contributed by atoms with Crippen molar-refractivity contribution in [3.8, 4) is 0 Å². The lowest BCUT2D eigenvalue weighted by molar-refractivity contribution is -0.204. The van der Waals surface area contributed by atoms with Crippen molar-refractivity contribution in [2.45, 2.75) is 11.7 Å². The first-order valence-electron chi connectivity index (χ1n) is 4.55. The van der Waals surface area contributed by atoms with Gasteiger partial charge in [-0.15, -0.1) is 0 Å². The minimum absolute atomic E-state index is 0.525. The summed E-state index contributed by atoms with van der Waals surface area (Å²) in [6.07, 6.45) is -3.65. The van der Waals surface area contributed by atoms with Gasteiger partial charge in [0.25, 0.3) is 0 Å². The molecule has 0 saturated carbocycles. The minimum Gasteiger partial charge on any atom is -0.479 e. The molecule has 6 heteroatoms. The average Bonchev–Trinajstić information content (AvgIpc) is 2.26. The van der Waals surface area contributed by atoms with Crippen molar-refractivity contribution in [1.82, 2.24) is 0 Å². The summed E-state index contributed by atoms with van der Waals surface area (Å²) in [5.41, 5.74) is 1.63. The highest BCUT2D eigenvalue weighted by Crippen LogP contribution is 2.37. The fraction of sp³-hybridized carbons (Fsp3) is 0.182. The van der Waals surface area contributed by atoms with Gasteiger partial charge >= 0.3 is 12.1 Å². The van der Waals surface area contributed by atoms with Crippen LogP contribution in [0.3, 0.4) is 0 Å². The normalized spacial score (nSPS) is 15.1. The van der Waals surface area contributed by atoms with E-state index in [0.717, 1.165) is 12.1 Å². The Balaban J connectivity index is 3.33. The van der Waals surface area contributed by atoms with Gasteiger partial charge in [0, 0.05) is 0 Å². The number of halogens is 3. The third-order valence-electron chi connectivity index (χ3n) is 2.39. The fourth-order valence-electron chi connectivity index (χ4n) is 1.29. The van der Waals surface area contributed by atoms with Crippen molar-refractivity contribution in [1.29, 1.82) is 0 Å². The Labute approximate surface area is 95.4 Å². The second kappa shape index (κ2) is 4.21. The van der Waals surface area contributed by atoms with Gasteiger partial charge in [-0.25, -0.2) is 4.79 Å². The number of benzene rings is 1. The van der Waals surface area contributed by atoms with E-state index in [1.54, 1.807) is 0 Å². The maximum Gasteiger partial charge on any atom is 0.421 e. The molecule has 0 aliphatic carbocycles. The summed E-state index contributed by atoms with van der Waals surface area (Å²) in [5, 5.41) is 8.68. The third kappa shape index (κ3) is 2.16. The quantitative estimate of drug-likeness (QED) is 0.857. The summed E-state index contributed by atoms with van der Waals surface area (Å²) in [6.45, 7) is 3.44. The molecule has 0 aliphatic heterocycles. The molecule has 92 valence electrons. The average molecular weight is 245 g/mol. The van der Waals surface area contributed by atoms with Crippen LogP contribution in [-0.4, -0.2) is 17.3 Å². The van der Waals surface area contributed by atoms with Crippen LogP contribution in [0.25, 0.3) is 6.08 Å². The number of rotatable bonds is 3. The molecule has 1 aromatic carbocycles. The zero-order chi connectivity index (χ0) is 13.3. The first kappa shape index (κ1) is 13.2. The van der Waals surface area contributed by atoms with Crippen molar-refractivity contribution in [3.63, 3.8) is 0 Å². The highest BCUT2D eigenvalue weighted by molar-refractivity contribution is 5.81. The van der Waals surface area contributed by atoms with Gasteiger partial charge in [0.05, 0.1) is 0 Å². The maximum atomic E-state index is 12.7. The van der Waals surface area contributed by atoms with E-state index in [-0.39, 0.29) is 0 Å². The minimum atomic E-state index is -5.07. The summed E-state index contributed by atoms with van der Waals surface area (Å²) < 4.78 is 38.1. The van der Waals surface area contributed by atoms with Gasteiger partial charge in [-0.05, 0) is 11.1 Å². The lowest BCUT2D eigenvalue weighted by Crippen LogP contribution is -2.56. The molecule has 0 radical (unpaired) electrons. The highest BCUT2D eigenvalue weighted by Gasteiger charge is 2.59. The van der Waals surface area contributed by atoms with E-state index >= 15 is 0 Å². The second-order valence-electron chi connectivity index (χ2n) is 3.44. The zero-order valence-corrected chi connectivity index (χ0v) is 8.66. The summed E-state index contributed by atoms with van der Waals surface area (Å²) in [7, 11) is 0. The number of nitrogens with two attached hydrogens (primary N) is 1. The Morgan fingerprint density at radius 2 is 1.76 bits per heavy atom. The van der Waals surface area contributed by atoms with E-state index in [0.29, 0.717) is 5.56 Å². The largest absolute Gasteiger partial charge is 0.479 e. The van der Waals surface area contributed by atoms with Crippen LogP contribution in [0.4, 0.5) is 13.2 Å². The summed E-state index contributed by atoms with van der Waals surface area (Å²) in [5.74, 6) is -2.14. The zero-order valence-electron chi connectivity index (χ0n) is 8.66. The van der Waals surface area contributed by atoms with Crippen LogP contribution in [0.1, 0.15) is 11.1 Å². The Morgan fingerprint density at radius 3 is 2.06 bits per heavy atom. The monoisotopic (exact) mass is 245 g/mol. The molecule has 3 N–H and O–H groups in total. The molecule has 3 nitrogen and oxygen atoms in total. The second-order valence-corrected chi connectivity index (χ2v) is 3.44. The Kier molecular flexibility index (Phi) is 3.28. The van der Waals surface area contributed by atoms with Crippen LogP contribution in [-0.2, 0) is 10.3 Å². The van der Waals surface area contributed by atoms with E-state index in [1.165, 1.54) is 18.2 Å². The van der Waals surface area contributed by atoms with Gasteiger partial charge in [0.2, 0.25) is 5.54 Å². The van der Waals surface area contributed by atoms with Crippen molar-refractivity contribution in [3.05, 3.63) is 42.0 Å². The molecule has 1 atom stereocenters. The van der Waals surface area contributed by atoms with Gasteiger partial charge in [0.15, 0.2) is 0 Å². The number of alkyl halides is 3. The van der Waals surface area contributed by atoms with Gasteiger partial charge in [-0.1, -0.05) is 36.9 Å². The first-order chi connectivity index (χ1) is 7.73. The number of aliphatic carboxylic acids is 1. The van der Waals surface area contributed by atoms with Crippen LogP contribution < -0.4 is 5.73 Å². The molecule has 0 bridgehead atoms. The standard InChI is InChI=1S/C11H10F3NO2/c1-2-7-3-5-8(6-4-7)10(15,9(16)17)11(12,13)14/h2-6H,1,15H2,(H,16,17)/t10-/m0/s1. The summed E-state index contributed by atoms with van der Waals surface area (Å²) in [6, 6.07) is 4.69. The molecule has 17 heavy (non-hydrogen) atoms. The Morgan fingerprint density at radius 1 is 1.29 bits per heavy atom. The van der Waals surface area contributed by atoms with Crippen LogP contribution in [0.15, 0.2) is 30.8 Å². The van der Waals surface area contributed by atoms with Crippen molar-refractivity contribution < 1.29 is 23.1 Å². The van der Waals surface area contributed by atoms with Crippen molar-refractivity contribution in [2.24, 2.45) is 5.73 Å². The van der Waals surface area contributed by atoms with E-state index in [9.17, 15) is 18.0 Å². The van der Waals surface area contributed by atoms with Crippen LogP contribution in [0.5, 0.6) is 0 Å². The van der Waals surface area contributed by atoms with Crippen LogP contribution >= 0.6 is 0 Å². The Bertz CT molecular complexity index is 439. The SMILES string of the molecule is C=Cc1ccc([C@](N)(C(=O)O)C(F)(F)F)cc1. The van der Waals surface area contributed by atoms with Crippen LogP contribution in [0, 0.1) is 0 Å². The lowest BCUT2D eigenvalue weighted by atomic mass is 9.90. The molecule has 0 heterocycles. The number of carboxylic acids is 1. The number of hydrogen-bond donors (Lipinski definition) is 2. The molecule has 0 spiro atoms. The van der Waals surface area contributed by atoms with Crippen LogP contribution in [0.2, 0.25) is 0 Å². The summed E-state index contributed by atoms with van der Waals surface area (Å²) >= 11 is 0. The molecule has 1 aromatic rings. The molecule has 0 amide bonds. The number of hydrogen-bond acceptors (Lipinski definition) is 2. The molecule has 0 unspecified atom stereocenters. The fourth-order valence-corrected chi connectivity index (χ4v) is 1.29. The van der Waals surface area contributed by atoms with E-state index in [4.69, 9.17) is 10.8 Å². The first-order valence-corrected chi connectivity index (χ1v) is 4.55. The number of carbonyl (C=O) groups is 1. The molecule has 0 aliphatic rings. The van der Waals surface area contributed by atoms with E-state index in [1.807, 2.05) is 0 Å². The van der Waals surface area contributed by atoms with Gasteiger partial charge in [-0.2, -0.15) is 13.2 Å². The van der Waals surface area contributed by atoms with Crippen molar-refractivity contribution >= 4 is 12.0 Å². The molecule has 0 aromatic heterocycles. The Hall–Kier alpha value is -1.82. The van der Waals surface area contributed by atoms with E-state index in [2.05, 4.69) is 6.58 Å². The lowest BCUT2D eigenvalue weighted by Gasteiger charge is -2.27. The molecule has 1 rings (SSSR count). The smallest absolute Gasteiger partial charge is 0.421 e. The summed E-state index contributed by atoms with van der Waals surface area (Å²) in [4.78, 5) is 10.8. The third-order valence-corrected chi connectivity index (χ3v) is 2.39. The molecule has 0 saturated heterocycles. The molecular formula is C11H10F3NO2. The highest BCUT2D eigenvalue weighted by atomic mass is 19.4. The maximum absolute atomic E-state index is 12.7. The predicted octanol–water partition coefficient (Wildman–Crippen LogP) is 2.13.